The number of benzene rings is 2. The summed E-state index contributed by atoms with van der Waals surface area (Å²) in [4.78, 5) is 64.6. The monoisotopic (exact) mass is 614 g/mol. The molecule has 4 N–H and O–H groups in total. The van der Waals surface area contributed by atoms with Gasteiger partial charge in [-0.3, -0.25) is 24.0 Å². The van der Waals surface area contributed by atoms with Crippen LogP contribution in [-0.2, 0) is 36.8 Å². The second-order valence-electron chi connectivity index (χ2n) is 13.5. The van der Waals surface area contributed by atoms with Crippen LogP contribution in [0.4, 0.5) is 0 Å². The highest BCUT2D eigenvalue weighted by atomic mass is 16.3. The molecule has 1 saturated carbocycles. The van der Waals surface area contributed by atoms with Crippen molar-refractivity contribution >= 4 is 34.7 Å². The smallest absolute Gasteiger partial charge is 0.203 e. The van der Waals surface area contributed by atoms with Crippen molar-refractivity contribution in [3.8, 4) is 16.9 Å². The fraction of sp³-hybridized carbons (Fsp3) is 0.417. The summed E-state index contributed by atoms with van der Waals surface area (Å²) in [5.74, 6) is -6.61. The average Bonchev–Trinajstić information content (AvgIpc) is 2.94. The molecule has 1 unspecified atom stereocenters. The first-order valence-electron chi connectivity index (χ1n) is 15.1. The molecule has 9 nitrogen and oxygen atoms in total. The summed E-state index contributed by atoms with van der Waals surface area (Å²) < 4.78 is 0. The van der Waals surface area contributed by atoms with E-state index < -0.39 is 74.3 Å². The van der Waals surface area contributed by atoms with E-state index in [0.29, 0.717) is 22.3 Å². The van der Waals surface area contributed by atoms with Crippen LogP contribution >= 0.6 is 0 Å². The molecule has 0 aromatic heterocycles. The molecule has 3 aliphatic carbocycles. The quantitative estimate of drug-likeness (QED) is 0.249. The first-order valence-corrected chi connectivity index (χ1v) is 15.1. The topological polar surface area (TPSA) is 166 Å². The van der Waals surface area contributed by atoms with Gasteiger partial charge in [0, 0.05) is 35.2 Å². The third-order valence-corrected chi connectivity index (χ3v) is 10.1. The summed E-state index contributed by atoms with van der Waals surface area (Å²) in [6.07, 6.45) is 0.231. The Labute approximate surface area is 261 Å². The minimum Gasteiger partial charge on any atom is -0.508 e. The Kier molecular flexibility index (Phi) is 7.56. The molecule has 0 saturated heterocycles. The van der Waals surface area contributed by atoms with Crippen LogP contribution in [-0.4, -0.2) is 54.9 Å². The van der Waals surface area contributed by atoms with Crippen molar-refractivity contribution < 1.29 is 44.4 Å². The minimum absolute atomic E-state index is 0.00743. The van der Waals surface area contributed by atoms with Gasteiger partial charge in [0.15, 0.2) is 23.0 Å². The average molecular weight is 615 g/mol. The summed E-state index contributed by atoms with van der Waals surface area (Å²) >= 11 is 0. The van der Waals surface area contributed by atoms with E-state index in [1.165, 1.54) is 6.07 Å². The third-order valence-electron chi connectivity index (χ3n) is 10.1. The van der Waals surface area contributed by atoms with E-state index in [0.717, 1.165) is 6.92 Å². The van der Waals surface area contributed by atoms with E-state index in [1.54, 1.807) is 65.0 Å². The molecule has 9 heteroatoms. The molecule has 2 aromatic carbocycles. The van der Waals surface area contributed by atoms with Gasteiger partial charge in [-0.05, 0) is 54.0 Å². The molecule has 0 radical (unpaired) electrons. The Hall–Kier alpha value is -4.37. The van der Waals surface area contributed by atoms with Gasteiger partial charge >= 0.3 is 0 Å². The van der Waals surface area contributed by atoms with Crippen molar-refractivity contribution in [3.63, 3.8) is 0 Å². The highest BCUT2D eigenvalue weighted by Gasteiger charge is 2.72. The predicted molar refractivity (Wildman–Crippen MR) is 165 cm³/mol. The number of allylic oxidation sites excluding steroid dienone is 1. The highest BCUT2D eigenvalue weighted by molar-refractivity contribution is 6.37. The van der Waals surface area contributed by atoms with Crippen molar-refractivity contribution in [2.45, 2.75) is 72.8 Å². The second-order valence-corrected chi connectivity index (χ2v) is 13.5. The molecule has 0 spiro atoms. The van der Waals surface area contributed by atoms with Crippen LogP contribution in [0.2, 0.25) is 0 Å². The van der Waals surface area contributed by atoms with Crippen LogP contribution in [0.25, 0.3) is 16.9 Å². The molecule has 1 fully saturated rings. The number of aliphatic hydroxyl groups excluding tert-OH is 2. The molecule has 2 aromatic rings. The number of ketones is 5. The number of phenols is 1. The van der Waals surface area contributed by atoms with Crippen molar-refractivity contribution in [3.05, 3.63) is 70.0 Å². The third kappa shape index (κ3) is 4.42. The van der Waals surface area contributed by atoms with Crippen LogP contribution in [0.15, 0.2) is 53.3 Å². The standard InChI is InChI=1S/C36H38O9/c1-7-23(38)25(40)14-19-8-10-20(11-9-19)21-12-13-24(39)27-22(21)15-34(5)16-35(6)28(17(2)3)30(41)26(18(4)37)32(43)36(35,45)33(44)29(34)31(27)42/h8-13,17,28,39,42-43,45H,7,14-16H2,1-6H3/t28?,34-,35-,36+/m1/s1. The Morgan fingerprint density at radius 2 is 1.58 bits per heavy atom. The Morgan fingerprint density at radius 1 is 0.956 bits per heavy atom. The van der Waals surface area contributed by atoms with Gasteiger partial charge in [0.25, 0.3) is 0 Å². The molecular formula is C36H38O9. The largest absolute Gasteiger partial charge is 0.508 e. The van der Waals surface area contributed by atoms with E-state index in [2.05, 4.69) is 0 Å². The van der Waals surface area contributed by atoms with E-state index in [1.807, 2.05) is 0 Å². The molecule has 3 aliphatic rings. The predicted octanol–water partition coefficient (Wildman–Crippen LogP) is 4.95. The zero-order valence-corrected chi connectivity index (χ0v) is 26.3. The highest BCUT2D eigenvalue weighted by Crippen LogP contribution is 2.65. The van der Waals surface area contributed by atoms with Crippen molar-refractivity contribution in [1.82, 2.24) is 0 Å². The SMILES string of the molecule is CCC(=O)C(=O)Cc1ccc(-c2ccc(O)c3c2C[C@]2(C)C[C@]4(C)C(C(C)C)C(=O)C(C(C)=O)=C(O)[C@]4(O)C(=O)C2=C3O)cc1. The molecule has 5 rings (SSSR count). The van der Waals surface area contributed by atoms with E-state index in [-0.39, 0.29) is 42.6 Å². The fourth-order valence-electron chi connectivity index (χ4n) is 8.27. The molecule has 45 heavy (non-hydrogen) atoms. The number of fused-ring (bicyclic) bond motifs is 3. The number of phenolic OH excluding ortho intramolecular Hbond substituents is 1. The van der Waals surface area contributed by atoms with Gasteiger partial charge in [0.2, 0.25) is 11.6 Å². The van der Waals surface area contributed by atoms with E-state index >= 15 is 0 Å². The van der Waals surface area contributed by atoms with Gasteiger partial charge in [0.05, 0.1) is 5.56 Å². The fourth-order valence-corrected chi connectivity index (χ4v) is 8.27. The lowest BCUT2D eigenvalue weighted by molar-refractivity contribution is -0.178. The Morgan fingerprint density at radius 3 is 2.13 bits per heavy atom. The first-order chi connectivity index (χ1) is 20.9. The van der Waals surface area contributed by atoms with Crippen LogP contribution in [0.1, 0.15) is 71.1 Å². The van der Waals surface area contributed by atoms with Gasteiger partial charge < -0.3 is 20.4 Å². The number of hydrogen-bond acceptors (Lipinski definition) is 9. The number of carbonyl (C=O) groups is 5. The Bertz CT molecular complexity index is 1760. The number of rotatable bonds is 7. The molecule has 0 bridgehead atoms. The molecule has 236 valence electrons. The summed E-state index contributed by atoms with van der Waals surface area (Å²) in [5.41, 5.74) is -3.61. The number of aromatic hydroxyl groups is 1. The maximum Gasteiger partial charge on any atom is 0.203 e. The van der Waals surface area contributed by atoms with Gasteiger partial charge in [-0.1, -0.05) is 65.0 Å². The molecule has 4 atom stereocenters. The number of aliphatic hydroxyl groups is 3. The van der Waals surface area contributed by atoms with Gasteiger partial charge in [-0.15, -0.1) is 0 Å². The number of Topliss-reactive ketones (excluding diaryl/α,β-unsaturated/α-hetero) is 5. The normalized spacial score (nSPS) is 27.7. The van der Waals surface area contributed by atoms with Gasteiger partial charge in [0.1, 0.15) is 22.8 Å². The molecule has 0 heterocycles. The Balaban J connectivity index is 1.69. The van der Waals surface area contributed by atoms with Crippen LogP contribution in [0.5, 0.6) is 5.75 Å². The first kappa shape index (κ1) is 32.0. The van der Waals surface area contributed by atoms with Crippen molar-refractivity contribution in [2.75, 3.05) is 0 Å². The molecule has 0 amide bonds. The number of hydrogen-bond donors (Lipinski definition) is 4. The van der Waals surface area contributed by atoms with Gasteiger partial charge in [-0.25, -0.2) is 0 Å². The summed E-state index contributed by atoms with van der Waals surface area (Å²) in [5, 5.41) is 46.2. The summed E-state index contributed by atoms with van der Waals surface area (Å²) in [7, 11) is 0. The maximum absolute atomic E-state index is 14.4. The van der Waals surface area contributed by atoms with E-state index in [9.17, 15) is 44.4 Å². The zero-order chi connectivity index (χ0) is 33.4. The van der Waals surface area contributed by atoms with E-state index in [4.69, 9.17) is 0 Å². The zero-order valence-electron chi connectivity index (χ0n) is 26.3. The van der Waals surface area contributed by atoms with Crippen LogP contribution in [0.3, 0.4) is 0 Å². The number of carbonyl (C=O) groups excluding carboxylic acids is 5. The molecular weight excluding hydrogens is 576 g/mol. The lowest BCUT2D eigenvalue weighted by atomic mass is 9.43. The van der Waals surface area contributed by atoms with Crippen molar-refractivity contribution in [1.29, 1.82) is 0 Å². The van der Waals surface area contributed by atoms with Crippen molar-refractivity contribution in [2.24, 2.45) is 22.7 Å². The molecule has 0 aliphatic heterocycles. The minimum atomic E-state index is -2.67. The second kappa shape index (κ2) is 10.6. The van der Waals surface area contributed by atoms with Gasteiger partial charge in [-0.2, -0.15) is 0 Å². The summed E-state index contributed by atoms with van der Waals surface area (Å²) in [6, 6.07) is 10.1. The summed E-state index contributed by atoms with van der Waals surface area (Å²) in [6.45, 7) is 9.55. The van der Waals surface area contributed by atoms with Crippen LogP contribution < -0.4 is 0 Å². The lowest BCUT2D eigenvalue weighted by Gasteiger charge is -2.59. The van der Waals surface area contributed by atoms with Crippen LogP contribution in [0, 0.1) is 22.7 Å². The maximum atomic E-state index is 14.4. The lowest BCUT2D eigenvalue weighted by Crippen LogP contribution is -2.69.